The summed E-state index contributed by atoms with van der Waals surface area (Å²) >= 11 is 1.67. The van der Waals surface area contributed by atoms with E-state index >= 15 is 0 Å². The Morgan fingerprint density at radius 2 is 2.38 bits per heavy atom. The van der Waals surface area contributed by atoms with Crippen LogP contribution in [-0.2, 0) is 29.7 Å². The first-order valence-electron chi connectivity index (χ1n) is 8.55. The van der Waals surface area contributed by atoms with Gasteiger partial charge < -0.3 is 9.47 Å². The molecule has 6 nitrogen and oxygen atoms in total. The number of rotatable bonds is 5. The molecule has 24 heavy (non-hydrogen) atoms. The standard InChI is InChI=1S/C17H24N4O2S/c1-12-19-14(11-24-12)10-23-16-9-21(8-13-6-18-20(2)7-13)15-4-3-5-22-17(15)16/h6-7,11,15-17H,3-5,8-10H2,1-2H3/t15-,16+,17+/m1/s1. The molecule has 2 aromatic heterocycles. The van der Waals surface area contributed by atoms with Crippen LogP contribution in [0.3, 0.4) is 0 Å². The zero-order chi connectivity index (χ0) is 16.5. The number of aryl methyl sites for hydroxylation is 2. The van der Waals surface area contributed by atoms with Gasteiger partial charge in [-0.2, -0.15) is 5.10 Å². The van der Waals surface area contributed by atoms with Gasteiger partial charge in [-0.05, 0) is 19.8 Å². The van der Waals surface area contributed by atoms with Crippen LogP contribution >= 0.6 is 11.3 Å². The lowest BCUT2D eigenvalue weighted by atomic mass is 10.0. The molecule has 2 aromatic rings. The Hall–Kier alpha value is -1.28. The lowest BCUT2D eigenvalue weighted by Gasteiger charge is -2.32. The van der Waals surface area contributed by atoms with E-state index in [9.17, 15) is 0 Å². The van der Waals surface area contributed by atoms with Crippen molar-refractivity contribution in [1.29, 1.82) is 0 Å². The van der Waals surface area contributed by atoms with Crippen LogP contribution in [-0.4, -0.2) is 51.1 Å². The van der Waals surface area contributed by atoms with Gasteiger partial charge in [0.05, 0.1) is 29.6 Å². The number of aromatic nitrogens is 3. The van der Waals surface area contributed by atoms with E-state index in [-0.39, 0.29) is 12.2 Å². The summed E-state index contributed by atoms with van der Waals surface area (Å²) in [5.74, 6) is 0. The number of ether oxygens (including phenoxy) is 2. The topological polar surface area (TPSA) is 52.4 Å². The molecule has 7 heteroatoms. The summed E-state index contributed by atoms with van der Waals surface area (Å²) in [7, 11) is 1.96. The quantitative estimate of drug-likeness (QED) is 0.829. The normalized spacial score (nSPS) is 27.5. The van der Waals surface area contributed by atoms with Crippen molar-refractivity contribution in [2.75, 3.05) is 13.2 Å². The average Bonchev–Trinajstić information content (AvgIpc) is 3.26. The van der Waals surface area contributed by atoms with E-state index in [0.29, 0.717) is 12.6 Å². The molecule has 4 heterocycles. The van der Waals surface area contributed by atoms with Crippen molar-refractivity contribution in [1.82, 2.24) is 19.7 Å². The van der Waals surface area contributed by atoms with E-state index < -0.39 is 0 Å². The van der Waals surface area contributed by atoms with Crippen LogP contribution in [0.5, 0.6) is 0 Å². The highest BCUT2D eigenvalue weighted by atomic mass is 32.1. The van der Waals surface area contributed by atoms with Gasteiger partial charge in [0.2, 0.25) is 0 Å². The number of hydrogen-bond donors (Lipinski definition) is 0. The first kappa shape index (κ1) is 16.2. The highest BCUT2D eigenvalue weighted by molar-refractivity contribution is 7.09. The molecule has 3 atom stereocenters. The Morgan fingerprint density at radius 3 is 3.12 bits per heavy atom. The van der Waals surface area contributed by atoms with Crippen molar-refractivity contribution in [2.45, 2.75) is 51.2 Å². The van der Waals surface area contributed by atoms with E-state index in [1.165, 1.54) is 12.0 Å². The van der Waals surface area contributed by atoms with Gasteiger partial charge in [-0.25, -0.2) is 4.98 Å². The third kappa shape index (κ3) is 3.39. The molecule has 0 aromatic carbocycles. The second kappa shape index (κ2) is 6.92. The summed E-state index contributed by atoms with van der Waals surface area (Å²) in [6.07, 6.45) is 6.64. The molecule has 0 radical (unpaired) electrons. The molecule has 0 amide bonds. The van der Waals surface area contributed by atoms with Crippen LogP contribution in [0.15, 0.2) is 17.8 Å². The van der Waals surface area contributed by atoms with Gasteiger partial charge in [0.25, 0.3) is 0 Å². The summed E-state index contributed by atoms with van der Waals surface area (Å²) in [6.45, 7) is 5.26. The van der Waals surface area contributed by atoms with Gasteiger partial charge >= 0.3 is 0 Å². The smallest absolute Gasteiger partial charge is 0.100 e. The van der Waals surface area contributed by atoms with Crippen molar-refractivity contribution in [3.05, 3.63) is 34.0 Å². The van der Waals surface area contributed by atoms with Crippen LogP contribution in [0.1, 0.15) is 29.1 Å². The second-order valence-electron chi connectivity index (χ2n) is 6.70. The van der Waals surface area contributed by atoms with E-state index in [1.54, 1.807) is 11.3 Å². The van der Waals surface area contributed by atoms with Gasteiger partial charge in [0.1, 0.15) is 6.10 Å². The molecule has 130 valence electrons. The highest BCUT2D eigenvalue weighted by Gasteiger charge is 2.44. The Balaban J connectivity index is 1.42. The SMILES string of the molecule is Cc1nc(CO[C@H]2CN(Cc3cnn(C)c3)[C@@H]3CCCO[C@H]23)cs1. The van der Waals surface area contributed by atoms with E-state index in [4.69, 9.17) is 9.47 Å². The lowest BCUT2D eigenvalue weighted by Crippen LogP contribution is -2.41. The molecule has 0 saturated carbocycles. The second-order valence-corrected chi connectivity index (χ2v) is 7.77. The monoisotopic (exact) mass is 348 g/mol. The number of fused-ring (bicyclic) bond motifs is 1. The Labute approximate surface area is 146 Å². The fraction of sp³-hybridized carbons (Fsp3) is 0.647. The fourth-order valence-corrected chi connectivity index (χ4v) is 4.38. The van der Waals surface area contributed by atoms with Crippen molar-refractivity contribution < 1.29 is 9.47 Å². The molecule has 2 aliphatic heterocycles. The molecule has 0 bridgehead atoms. The molecule has 0 N–H and O–H groups in total. The molecule has 0 spiro atoms. The molecule has 0 aliphatic carbocycles. The summed E-state index contributed by atoms with van der Waals surface area (Å²) < 4.78 is 14.1. The first-order valence-corrected chi connectivity index (χ1v) is 9.43. The molecule has 2 fully saturated rings. The zero-order valence-corrected chi connectivity index (χ0v) is 15.0. The number of nitrogens with zero attached hydrogens (tertiary/aromatic N) is 4. The summed E-state index contributed by atoms with van der Waals surface area (Å²) in [6, 6.07) is 0.445. The molecule has 0 unspecified atom stereocenters. The molecule has 2 aliphatic rings. The number of likely N-dealkylation sites (tertiary alicyclic amines) is 1. The minimum absolute atomic E-state index is 0.119. The summed E-state index contributed by atoms with van der Waals surface area (Å²) in [4.78, 5) is 6.99. The van der Waals surface area contributed by atoms with Gasteiger partial charge in [-0.3, -0.25) is 9.58 Å². The maximum absolute atomic E-state index is 6.20. The highest BCUT2D eigenvalue weighted by Crippen LogP contribution is 2.32. The van der Waals surface area contributed by atoms with Crippen molar-refractivity contribution in [2.24, 2.45) is 7.05 Å². The lowest BCUT2D eigenvalue weighted by molar-refractivity contribution is -0.0823. The Bertz CT molecular complexity index is 686. The van der Waals surface area contributed by atoms with E-state index in [1.807, 2.05) is 24.9 Å². The third-order valence-electron chi connectivity index (χ3n) is 4.84. The number of hydrogen-bond acceptors (Lipinski definition) is 6. The first-order chi connectivity index (χ1) is 11.7. The Morgan fingerprint density at radius 1 is 1.46 bits per heavy atom. The van der Waals surface area contributed by atoms with Crippen LogP contribution in [0.4, 0.5) is 0 Å². The van der Waals surface area contributed by atoms with Crippen molar-refractivity contribution in [3.63, 3.8) is 0 Å². The summed E-state index contributed by atoms with van der Waals surface area (Å²) in [5, 5.41) is 7.45. The van der Waals surface area contributed by atoms with Crippen LogP contribution in [0.2, 0.25) is 0 Å². The van der Waals surface area contributed by atoms with Gasteiger partial charge in [0, 0.05) is 49.9 Å². The predicted octanol–water partition coefficient (Wildman–Crippen LogP) is 2.13. The molecule has 4 rings (SSSR count). The third-order valence-corrected chi connectivity index (χ3v) is 5.66. The minimum atomic E-state index is 0.119. The Kier molecular flexibility index (Phi) is 4.67. The average molecular weight is 348 g/mol. The molecular formula is C17H24N4O2S. The minimum Gasteiger partial charge on any atom is -0.374 e. The van der Waals surface area contributed by atoms with Crippen molar-refractivity contribution >= 4 is 11.3 Å². The van der Waals surface area contributed by atoms with Crippen LogP contribution < -0.4 is 0 Å². The predicted molar refractivity (Wildman–Crippen MR) is 91.8 cm³/mol. The van der Waals surface area contributed by atoms with Gasteiger partial charge in [-0.15, -0.1) is 11.3 Å². The number of thiazole rings is 1. The zero-order valence-electron chi connectivity index (χ0n) is 14.2. The van der Waals surface area contributed by atoms with Gasteiger partial charge in [-0.1, -0.05) is 0 Å². The molecule has 2 saturated heterocycles. The maximum atomic E-state index is 6.20. The van der Waals surface area contributed by atoms with Crippen LogP contribution in [0, 0.1) is 6.92 Å². The van der Waals surface area contributed by atoms with Crippen LogP contribution in [0.25, 0.3) is 0 Å². The molecular weight excluding hydrogens is 324 g/mol. The maximum Gasteiger partial charge on any atom is 0.100 e. The summed E-state index contributed by atoms with van der Waals surface area (Å²) in [5.41, 5.74) is 2.27. The van der Waals surface area contributed by atoms with E-state index in [0.717, 1.165) is 36.8 Å². The largest absolute Gasteiger partial charge is 0.374 e. The van der Waals surface area contributed by atoms with Gasteiger partial charge in [0.15, 0.2) is 0 Å². The van der Waals surface area contributed by atoms with Crippen molar-refractivity contribution in [3.8, 4) is 0 Å². The fourth-order valence-electron chi connectivity index (χ4n) is 3.79. The van der Waals surface area contributed by atoms with E-state index in [2.05, 4.69) is 26.6 Å².